The molecule has 0 saturated carbocycles. The van der Waals surface area contributed by atoms with E-state index >= 15 is 0 Å². The summed E-state index contributed by atoms with van der Waals surface area (Å²) in [5.74, 6) is 0. The molecule has 1 heterocycles. The van der Waals surface area contributed by atoms with Gasteiger partial charge in [-0.05, 0) is 41.0 Å². The van der Waals surface area contributed by atoms with E-state index in [-0.39, 0.29) is 0 Å². The van der Waals surface area contributed by atoms with Gasteiger partial charge in [-0.2, -0.15) is 5.10 Å². The second kappa shape index (κ2) is 8.12. The van der Waals surface area contributed by atoms with Crippen molar-refractivity contribution in [1.82, 2.24) is 9.91 Å². The zero-order chi connectivity index (χ0) is 18.6. The number of piperazine rings is 1. The van der Waals surface area contributed by atoms with E-state index in [0.717, 1.165) is 43.5 Å². The molecule has 3 nitrogen and oxygen atoms in total. The van der Waals surface area contributed by atoms with Gasteiger partial charge in [0.1, 0.15) is 0 Å². The molecule has 1 aliphatic heterocycles. The van der Waals surface area contributed by atoms with Gasteiger partial charge in [0, 0.05) is 37.7 Å². The predicted molar refractivity (Wildman–Crippen MR) is 114 cm³/mol. The van der Waals surface area contributed by atoms with Crippen molar-refractivity contribution in [1.29, 1.82) is 0 Å². The third-order valence-corrected chi connectivity index (χ3v) is 5.53. The van der Waals surface area contributed by atoms with Crippen molar-refractivity contribution in [3.63, 3.8) is 0 Å². The maximum absolute atomic E-state index is 6.29. The SMILES string of the molecule is C/C(=N/N1CCN(Cc2ccccc2Cl)CC1)c1ccc2ccccc2c1. The number of rotatable bonds is 4. The molecule has 1 saturated heterocycles. The molecule has 138 valence electrons. The van der Waals surface area contributed by atoms with Gasteiger partial charge in [-0.1, -0.05) is 66.2 Å². The Hall–Kier alpha value is -2.36. The molecule has 1 aliphatic rings. The van der Waals surface area contributed by atoms with E-state index < -0.39 is 0 Å². The van der Waals surface area contributed by atoms with Crippen LogP contribution in [0.1, 0.15) is 18.1 Å². The van der Waals surface area contributed by atoms with E-state index in [0.29, 0.717) is 0 Å². The number of halogens is 1. The molecular weight excluding hydrogens is 354 g/mol. The third kappa shape index (κ3) is 4.32. The van der Waals surface area contributed by atoms with Gasteiger partial charge in [-0.3, -0.25) is 9.91 Å². The Morgan fingerprint density at radius 3 is 2.37 bits per heavy atom. The lowest BCUT2D eigenvalue weighted by Crippen LogP contribution is -2.43. The van der Waals surface area contributed by atoms with Gasteiger partial charge < -0.3 is 0 Å². The number of fused-ring (bicyclic) bond motifs is 1. The zero-order valence-corrected chi connectivity index (χ0v) is 16.4. The van der Waals surface area contributed by atoms with Crippen molar-refractivity contribution in [2.75, 3.05) is 26.2 Å². The number of nitrogens with zero attached hydrogens (tertiary/aromatic N) is 3. The quantitative estimate of drug-likeness (QED) is 0.593. The van der Waals surface area contributed by atoms with Gasteiger partial charge in [-0.25, -0.2) is 0 Å². The minimum absolute atomic E-state index is 0.852. The van der Waals surface area contributed by atoms with Crippen molar-refractivity contribution in [3.05, 3.63) is 82.9 Å². The Labute approximate surface area is 165 Å². The fraction of sp³-hybridized carbons (Fsp3) is 0.261. The van der Waals surface area contributed by atoms with Gasteiger partial charge in [0.2, 0.25) is 0 Å². The lowest BCUT2D eigenvalue weighted by molar-refractivity contribution is 0.130. The second-order valence-electron chi connectivity index (χ2n) is 7.07. The molecule has 3 aromatic rings. The zero-order valence-electron chi connectivity index (χ0n) is 15.6. The van der Waals surface area contributed by atoms with Crippen LogP contribution < -0.4 is 0 Å². The standard InChI is InChI=1S/C23H24ClN3/c1-18(20-11-10-19-6-2-3-7-21(19)16-20)25-27-14-12-26(13-15-27)17-22-8-4-5-9-23(22)24/h2-11,16H,12-15,17H2,1H3/b25-18-. The summed E-state index contributed by atoms with van der Waals surface area (Å²) < 4.78 is 0. The molecule has 0 aromatic heterocycles. The maximum Gasteiger partial charge on any atom is 0.0646 e. The van der Waals surface area contributed by atoms with E-state index in [1.54, 1.807) is 0 Å². The first-order chi connectivity index (χ1) is 13.2. The van der Waals surface area contributed by atoms with Gasteiger partial charge in [-0.15, -0.1) is 0 Å². The van der Waals surface area contributed by atoms with E-state index in [4.69, 9.17) is 16.7 Å². The highest BCUT2D eigenvalue weighted by molar-refractivity contribution is 6.31. The van der Waals surface area contributed by atoms with E-state index in [1.807, 2.05) is 12.1 Å². The third-order valence-electron chi connectivity index (χ3n) is 5.16. The Morgan fingerprint density at radius 1 is 0.889 bits per heavy atom. The van der Waals surface area contributed by atoms with Crippen molar-refractivity contribution < 1.29 is 0 Å². The van der Waals surface area contributed by atoms with Gasteiger partial charge >= 0.3 is 0 Å². The van der Waals surface area contributed by atoms with Crippen LogP contribution in [0, 0.1) is 0 Å². The van der Waals surface area contributed by atoms with Crippen LogP contribution in [0.25, 0.3) is 10.8 Å². The molecule has 0 radical (unpaired) electrons. The summed E-state index contributed by atoms with van der Waals surface area (Å²) in [6.45, 7) is 6.88. The average molecular weight is 378 g/mol. The smallest absolute Gasteiger partial charge is 0.0646 e. The van der Waals surface area contributed by atoms with E-state index in [1.165, 1.54) is 21.9 Å². The van der Waals surface area contributed by atoms with Gasteiger partial charge in [0.15, 0.2) is 0 Å². The minimum Gasteiger partial charge on any atom is -0.295 e. The highest BCUT2D eigenvalue weighted by Crippen LogP contribution is 2.19. The Morgan fingerprint density at radius 2 is 1.59 bits per heavy atom. The first-order valence-corrected chi connectivity index (χ1v) is 9.82. The molecule has 0 spiro atoms. The molecule has 0 bridgehead atoms. The maximum atomic E-state index is 6.29. The van der Waals surface area contributed by atoms with E-state index in [2.05, 4.69) is 71.4 Å². The first kappa shape index (κ1) is 18.0. The van der Waals surface area contributed by atoms with Gasteiger partial charge in [0.05, 0.1) is 5.71 Å². The van der Waals surface area contributed by atoms with Crippen LogP contribution in [0.3, 0.4) is 0 Å². The van der Waals surface area contributed by atoms with Crippen molar-refractivity contribution in [3.8, 4) is 0 Å². The normalized spacial score (nSPS) is 16.1. The fourth-order valence-electron chi connectivity index (χ4n) is 3.55. The summed E-state index contributed by atoms with van der Waals surface area (Å²) in [6.07, 6.45) is 0. The minimum atomic E-state index is 0.852. The Kier molecular flexibility index (Phi) is 5.42. The lowest BCUT2D eigenvalue weighted by atomic mass is 10.0. The van der Waals surface area contributed by atoms with E-state index in [9.17, 15) is 0 Å². The van der Waals surface area contributed by atoms with Crippen LogP contribution in [0.5, 0.6) is 0 Å². The lowest BCUT2D eigenvalue weighted by Gasteiger charge is -2.33. The van der Waals surface area contributed by atoms with Crippen LogP contribution >= 0.6 is 11.6 Å². The first-order valence-electron chi connectivity index (χ1n) is 9.44. The van der Waals surface area contributed by atoms with Crippen LogP contribution in [-0.4, -0.2) is 41.8 Å². The summed E-state index contributed by atoms with van der Waals surface area (Å²) in [4.78, 5) is 2.44. The Bertz CT molecular complexity index is 959. The van der Waals surface area contributed by atoms with Crippen LogP contribution in [0.15, 0.2) is 71.8 Å². The summed E-state index contributed by atoms with van der Waals surface area (Å²) >= 11 is 6.29. The Balaban J connectivity index is 1.39. The molecule has 3 aromatic carbocycles. The molecule has 27 heavy (non-hydrogen) atoms. The number of hydrazone groups is 1. The van der Waals surface area contributed by atoms with Crippen molar-refractivity contribution in [2.45, 2.75) is 13.5 Å². The monoisotopic (exact) mass is 377 g/mol. The molecule has 0 unspecified atom stereocenters. The summed E-state index contributed by atoms with van der Waals surface area (Å²) in [5.41, 5.74) is 3.45. The second-order valence-corrected chi connectivity index (χ2v) is 7.48. The predicted octanol–water partition coefficient (Wildman–Crippen LogP) is 5.04. The summed E-state index contributed by atoms with van der Waals surface area (Å²) in [5, 5.41) is 10.4. The number of hydrogen-bond donors (Lipinski definition) is 0. The molecule has 4 rings (SSSR count). The molecule has 0 aliphatic carbocycles. The summed E-state index contributed by atoms with van der Waals surface area (Å²) in [6, 6.07) is 23.1. The molecule has 0 amide bonds. The van der Waals surface area contributed by atoms with Crippen LogP contribution in [0.4, 0.5) is 0 Å². The highest BCUT2D eigenvalue weighted by Gasteiger charge is 2.17. The van der Waals surface area contributed by atoms with Crippen LogP contribution in [-0.2, 0) is 6.54 Å². The highest BCUT2D eigenvalue weighted by atomic mass is 35.5. The molecule has 4 heteroatoms. The molecule has 1 fully saturated rings. The number of hydrogen-bond acceptors (Lipinski definition) is 3. The molecular formula is C23H24ClN3. The topological polar surface area (TPSA) is 18.8 Å². The van der Waals surface area contributed by atoms with Gasteiger partial charge in [0.25, 0.3) is 0 Å². The van der Waals surface area contributed by atoms with Crippen molar-refractivity contribution >= 4 is 28.1 Å². The van der Waals surface area contributed by atoms with Crippen molar-refractivity contribution in [2.24, 2.45) is 5.10 Å². The largest absolute Gasteiger partial charge is 0.295 e. The average Bonchev–Trinajstić information content (AvgIpc) is 2.71. The van der Waals surface area contributed by atoms with Crippen LogP contribution in [0.2, 0.25) is 5.02 Å². The fourth-order valence-corrected chi connectivity index (χ4v) is 3.74. The molecule has 0 atom stereocenters. The summed E-state index contributed by atoms with van der Waals surface area (Å²) in [7, 11) is 0. The number of benzene rings is 3. The molecule has 0 N–H and O–H groups in total.